The third-order valence-corrected chi connectivity index (χ3v) is 10.6. The van der Waals surface area contributed by atoms with Crippen LogP contribution in [0.2, 0.25) is 10.0 Å². The Morgan fingerprint density at radius 1 is 0.583 bits per heavy atom. The summed E-state index contributed by atoms with van der Waals surface area (Å²) in [5, 5.41) is 10.7. The number of carboxylic acids is 1. The third kappa shape index (κ3) is 3.87. The minimum absolute atomic E-state index is 0.0721. The summed E-state index contributed by atoms with van der Waals surface area (Å²) in [4.78, 5) is 59.0. The molecule has 3 aliphatic rings. The molecule has 4 atom stereocenters. The summed E-state index contributed by atoms with van der Waals surface area (Å²) >= 11 is 12.8. The summed E-state index contributed by atoms with van der Waals surface area (Å²) < 4.78 is 0. The van der Waals surface area contributed by atoms with Crippen molar-refractivity contribution in [3.05, 3.63) is 171 Å². The predicted octanol–water partition coefficient (Wildman–Crippen LogP) is 7.88. The van der Waals surface area contributed by atoms with Crippen LogP contribution in [0.4, 0.5) is 5.69 Å². The maximum atomic E-state index is 15.9. The van der Waals surface area contributed by atoms with E-state index in [1.54, 1.807) is 54.6 Å². The number of carbonyl (C=O) groups is 4. The highest BCUT2D eigenvalue weighted by Gasteiger charge is 2.82. The van der Waals surface area contributed by atoms with E-state index in [2.05, 4.69) is 0 Å². The maximum Gasteiger partial charge on any atom is 0.335 e. The van der Waals surface area contributed by atoms with Gasteiger partial charge >= 0.3 is 5.97 Å². The van der Waals surface area contributed by atoms with Crippen molar-refractivity contribution in [3.63, 3.8) is 0 Å². The highest BCUT2D eigenvalue weighted by Crippen LogP contribution is 2.74. The fourth-order valence-corrected chi connectivity index (χ4v) is 8.64. The van der Waals surface area contributed by atoms with Gasteiger partial charge in [0.15, 0.2) is 5.78 Å². The van der Waals surface area contributed by atoms with E-state index in [9.17, 15) is 9.90 Å². The monoisotopic (exact) mass is 669 g/mol. The highest BCUT2D eigenvalue weighted by molar-refractivity contribution is 6.39. The van der Waals surface area contributed by atoms with Crippen LogP contribution in [0.3, 0.4) is 0 Å². The molecule has 2 fully saturated rings. The second kappa shape index (κ2) is 10.9. The van der Waals surface area contributed by atoms with Crippen molar-refractivity contribution < 1.29 is 24.3 Å². The lowest BCUT2D eigenvalue weighted by Gasteiger charge is -2.39. The average molecular weight is 671 g/mol. The molecular formula is C40H25Cl2NO5. The number of hydrogen-bond acceptors (Lipinski definition) is 4. The number of amides is 2. The molecule has 8 heteroatoms. The molecule has 1 heterocycles. The number of carbonyl (C=O) groups excluding carboxylic acids is 3. The first-order valence-corrected chi connectivity index (χ1v) is 16.1. The lowest BCUT2D eigenvalue weighted by Crippen LogP contribution is -2.45. The van der Waals surface area contributed by atoms with Gasteiger partial charge in [-0.2, -0.15) is 0 Å². The van der Waals surface area contributed by atoms with Crippen LogP contribution in [0.25, 0.3) is 11.1 Å². The van der Waals surface area contributed by atoms with Gasteiger partial charge in [0.25, 0.3) is 0 Å². The first kappa shape index (κ1) is 30.1. The van der Waals surface area contributed by atoms with E-state index in [1.807, 2.05) is 60.7 Å². The van der Waals surface area contributed by atoms with Gasteiger partial charge in [-0.05, 0) is 75.9 Å². The van der Waals surface area contributed by atoms with E-state index in [0.717, 1.165) is 16.0 Å². The van der Waals surface area contributed by atoms with Crippen molar-refractivity contribution in [2.45, 2.75) is 10.8 Å². The normalized spacial score (nSPS) is 24.4. The first-order valence-electron chi connectivity index (χ1n) is 15.4. The van der Waals surface area contributed by atoms with Crippen molar-refractivity contribution >= 4 is 63.6 Å². The molecule has 5 aromatic carbocycles. The van der Waals surface area contributed by atoms with E-state index in [-0.39, 0.29) is 17.0 Å². The standard InChI is InChI=1S/C40H25Cl2NO5/c41-28-18-14-26(15-19-28)39-31(23-8-3-1-4-9-23)32(24-10-5-2-6-11-24)40(38(39)48,27-16-20-29(42)21-17-27)34-33(39)35(44)43(36(34)45)30-13-7-12-25(22-30)37(46)47/h1-22,33-34H,(H,46,47)/t33-,34-,39-,40-/m0/s1. The van der Waals surface area contributed by atoms with Crippen LogP contribution in [0.5, 0.6) is 0 Å². The van der Waals surface area contributed by atoms with Gasteiger partial charge in [0.05, 0.1) is 33.9 Å². The third-order valence-electron chi connectivity index (χ3n) is 10.1. The smallest absolute Gasteiger partial charge is 0.335 e. The zero-order valence-corrected chi connectivity index (χ0v) is 26.7. The molecule has 48 heavy (non-hydrogen) atoms. The summed E-state index contributed by atoms with van der Waals surface area (Å²) in [6.45, 7) is 0. The Bertz CT molecular complexity index is 2070. The van der Waals surface area contributed by atoms with Gasteiger partial charge in [0.2, 0.25) is 11.8 Å². The summed E-state index contributed by atoms with van der Waals surface area (Å²) in [6, 6.07) is 38.5. The first-order chi connectivity index (χ1) is 23.2. The number of rotatable bonds is 6. The van der Waals surface area contributed by atoms with Crippen LogP contribution >= 0.6 is 23.2 Å². The molecule has 8 rings (SSSR count). The van der Waals surface area contributed by atoms with Crippen LogP contribution in [-0.2, 0) is 25.2 Å². The number of carboxylic acid groups (broad SMARTS) is 1. The fraction of sp³-hybridized carbons (Fsp3) is 0.100. The summed E-state index contributed by atoms with van der Waals surface area (Å²) in [5.74, 6) is -4.95. The number of hydrogen-bond donors (Lipinski definition) is 1. The molecular weight excluding hydrogens is 645 g/mol. The predicted molar refractivity (Wildman–Crippen MR) is 184 cm³/mol. The molecule has 0 aromatic heterocycles. The Labute approximate surface area is 285 Å². The van der Waals surface area contributed by atoms with Crippen LogP contribution < -0.4 is 4.90 Å². The molecule has 0 spiro atoms. The minimum Gasteiger partial charge on any atom is -0.478 e. The van der Waals surface area contributed by atoms with Gasteiger partial charge in [-0.25, -0.2) is 9.69 Å². The van der Waals surface area contributed by atoms with Gasteiger partial charge in [-0.15, -0.1) is 0 Å². The van der Waals surface area contributed by atoms with Crippen molar-refractivity contribution in [2.24, 2.45) is 11.8 Å². The quantitative estimate of drug-likeness (QED) is 0.186. The number of aromatic carboxylic acids is 1. The lowest BCUT2D eigenvalue weighted by atomic mass is 9.59. The Balaban J connectivity index is 1.54. The minimum atomic E-state index is -1.62. The molecule has 5 aromatic rings. The molecule has 2 bridgehead atoms. The molecule has 0 radical (unpaired) electrons. The molecule has 1 N–H and O–H groups in total. The zero-order chi connectivity index (χ0) is 33.4. The molecule has 1 aliphatic heterocycles. The van der Waals surface area contributed by atoms with Gasteiger partial charge in [-0.3, -0.25) is 14.4 Å². The van der Waals surface area contributed by atoms with Crippen LogP contribution in [0, 0.1) is 11.8 Å². The number of fused-ring (bicyclic) bond motifs is 5. The van der Waals surface area contributed by atoms with Gasteiger partial charge in [0, 0.05) is 10.0 Å². The summed E-state index contributed by atoms with van der Waals surface area (Å²) in [6.07, 6.45) is 0. The number of ketones is 1. The van der Waals surface area contributed by atoms with Gasteiger partial charge in [0.1, 0.15) is 0 Å². The van der Waals surface area contributed by atoms with Crippen molar-refractivity contribution in [1.82, 2.24) is 0 Å². The topological polar surface area (TPSA) is 91.8 Å². The summed E-state index contributed by atoms with van der Waals surface area (Å²) in [5.41, 5.74) is 0.648. The van der Waals surface area contributed by atoms with Crippen molar-refractivity contribution in [3.8, 4) is 0 Å². The van der Waals surface area contributed by atoms with E-state index >= 15 is 14.4 Å². The molecule has 234 valence electrons. The van der Waals surface area contributed by atoms with E-state index in [0.29, 0.717) is 32.3 Å². The number of benzene rings is 5. The molecule has 1 saturated heterocycles. The number of imide groups is 1. The average Bonchev–Trinajstić information content (AvgIpc) is 3.61. The van der Waals surface area contributed by atoms with Crippen molar-refractivity contribution in [2.75, 3.05) is 4.90 Å². The molecule has 2 aliphatic carbocycles. The molecule has 2 amide bonds. The Morgan fingerprint density at radius 3 is 1.44 bits per heavy atom. The Kier molecular flexibility index (Phi) is 6.81. The molecule has 6 nitrogen and oxygen atoms in total. The molecule has 1 saturated carbocycles. The lowest BCUT2D eigenvalue weighted by molar-refractivity contribution is -0.130. The SMILES string of the molecule is O=C(O)c1cccc(N2C(=O)[C@@H]3[C@@H](C2=O)[C@@]2(c4ccc(Cl)cc4)C(=O)[C@@]3(c3ccc(Cl)cc3)C(c3ccccc3)=C2c2ccccc2)c1. The number of halogens is 2. The number of allylic oxidation sites excluding steroid dienone is 2. The van der Waals surface area contributed by atoms with E-state index in [1.165, 1.54) is 18.2 Å². The summed E-state index contributed by atoms with van der Waals surface area (Å²) in [7, 11) is 0. The van der Waals surface area contributed by atoms with Gasteiger partial charge in [-0.1, -0.05) is 114 Å². The van der Waals surface area contributed by atoms with E-state index < -0.39 is 40.4 Å². The Morgan fingerprint density at radius 2 is 1.02 bits per heavy atom. The number of anilines is 1. The van der Waals surface area contributed by atoms with Crippen LogP contribution in [0.1, 0.15) is 32.6 Å². The fourth-order valence-electron chi connectivity index (χ4n) is 8.39. The highest BCUT2D eigenvalue weighted by atomic mass is 35.5. The second-order valence-electron chi connectivity index (χ2n) is 12.3. The van der Waals surface area contributed by atoms with Crippen LogP contribution in [-0.4, -0.2) is 28.7 Å². The van der Waals surface area contributed by atoms with E-state index in [4.69, 9.17) is 23.2 Å². The number of nitrogens with zero attached hydrogens (tertiary/aromatic N) is 1. The van der Waals surface area contributed by atoms with Crippen molar-refractivity contribution in [1.29, 1.82) is 0 Å². The van der Waals surface area contributed by atoms with Crippen LogP contribution in [0.15, 0.2) is 133 Å². The zero-order valence-electron chi connectivity index (χ0n) is 25.1. The largest absolute Gasteiger partial charge is 0.478 e. The Hall–Kier alpha value is -5.30. The second-order valence-corrected chi connectivity index (χ2v) is 13.1. The maximum absolute atomic E-state index is 15.9. The van der Waals surface area contributed by atoms with Gasteiger partial charge < -0.3 is 5.11 Å². The number of Topliss-reactive ketones (excluding diaryl/α,β-unsaturated/α-hetero) is 1. The molecule has 0 unspecified atom stereocenters.